The van der Waals surface area contributed by atoms with E-state index in [1.807, 2.05) is 24.5 Å². The van der Waals surface area contributed by atoms with E-state index in [0.717, 1.165) is 27.2 Å². The van der Waals surface area contributed by atoms with Crippen LogP contribution in [-0.4, -0.2) is 29.2 Å². The number of fused-ring (bicyclic) bond motifs is 1. The molecule has 0 saturated carbocycles. The Morgan fingerprint density at radius 1 is 1.27 bits per heavy atom. The van der Waals surface area contributed by atoms with Crippen LogP contribution in [0.4, 0.5) is 0 Å². The van der Waals surface area contributed by atoms with Crippen LogP contribution in [0, 0.1) is 0 Å². The molecule has 1 amide bonds. The van der Waals surface area contributed by atoms with Gasteiger partial charge >= 0.3 is 0 Å². The van der Waals surface area contributed by atoms with E-state index in [0.29, 0.717) is 11.4 Å². The van der Waals surface area contributed by atoms with Crippen molar-refractivity contribution in [1.29, 1.82) is 0 Å². The number of nitrogens with one attached hydrogen (secondary N) is 1. The molecule has 5 nitrogen and oxygen atoms in total. The quantitative estimate of drug-likeness (QED) is 0.725. The molecular weight excluding hydrogens is 298 g/mol. The summed E-state index contributed by atoms with van der Waals surface area (Å²) < 4.78 is 5.45. The molecule has 0 aliphatic heterocycles. The number of rotatable bonds is 4. The van der Waals surface area contributed by atoms with Gasteiger partial charge in [-0.15, -0.1) is 11.8 Å². The molecule has 22 heavy (non-hydrogen) atoms. The van der Waals surface area contributed by atoms with Gasteiger partial charge in [-0.2, -0.15) is 0 Å². The van der Waals surface area contributed by atoms with Crippen molar-refractivity contribution in [3.05, 3.63) is 42.0 Å². The van der Waals surface area contributed by atoms with Gasteiger partial charge in [0.15, 0.2) is 0 Å². The van der Waals surface area contributed by atoms with Gasteiger partial charge < -0.3 is 15.5 Å². The van der Waals surface area contributed by atoms with Crippen molar-refractivity contribution < 1.29 is 9.53 Å². The number of benzene rings is 2. The molecule has 6 heteroatoms. The lowest BCUT2D eigenvalue weighted by atomic mass is 10.2. The number of amides is 1. The van der Waals surface area contributed by atoms with Crippen molar-refractivity contribution in [3.63, 3.8) is 0 Å². The van der Waals surface area contributed by atoms with Gasteiger partial charge in [-0.05, 0) is 42.7 Å². The highest BCUT2D eigenvalue weighted by atomic mass is 32.2. The van der Waals surface area contributed by atoms with E-state index in [1.54, 1.807) is 37.1 Å². The molecule has 1 aromatic heterocycles. The molecule has 0 atom stereocenters. The van der Waals surface area contributed by atoms with Crippen LogP contribution < -0.4 is 10.5 Å². The Hall–Kier alpha value is -2.47. The molecule has 0 aliphatic rings. The first-order valence-electron chi connectivity index (χ1n) is 6.64. The first-order valence-corrected chi connectivity index (χ1v) is 7.87. The molecular formula is C16H15N3O2S. The average molecular weight is 313 g/mol. The number of H-pyrrole nitrogens is 1. The summed E-state index contributed by atoms with van der Waals surface area (Å²) in [6, 6.07) is 11.1. The maximum atomic E-state index is 11.3. The zero-order valence-electron chi connectivity index (χ0n) is 12.2. The van der Waals surface area contributed by atoms with Gasteiger partial charge in [-0.1, -0.05) is 0 Å². The Bertz CT molecular complexity index is 858. The fourth-order valence-corrected chi connectivity index (χ4v) is 2.71. The zero-order valence-corrected chi connectivity index (χ0v) is 13.0. The van der Waals surface area contributed by atoms with E-state index in [1.165, 1.54) is 0 Å². The van der Waals surface area contributed by atoms with Crippen molar-refractivity contribution in [2.75, 3.05) is 13.4 Å². The molecule has 0 unspecified atom stereocenters. The standard InChI is InChI=1S/C16H15N3O2S/c1-21-14-8-10(22-2)4-5-11(14)16-18-12-6-3-9(15(17)20)7-13(12)19-16/h3-8H,1-2H3,(H2,17,20)(H,18,19). The van der Waals surface area contributed by atoms with Crippen LogP contribution in [0.1, 0.15) is 10.4 Å². The number of carbonyl (C=O) groups excluding carboxylic acids is 1. The van der Waals surface area contributed by atoms with Gasteiger partial charge in [0.05, 0.1) is 23.7 Å². The molecule has 0 saturated heterocycles. The van der Waals surface area contributed by atoms with Crippen molar-refractivity contribution in [2.45, 2.75) is 4.90 Å². The van der Waals surface area contributed by atoms with Gasteiger partial charge in [0, 0.05) is 10.5 Å². The number of primary amides is 1. The molecule has 3 rings (SSSR count). The fraction of sp³-hybridized carbons (Fsp3) is 0.125. The molecule has 0 radical (unpaired) electrons. The summed E-state index contributed by atoms with van der Waals surface area (Å²) in [6.45, 7) is 0. The number of hydrogen-bond acceptors (Lipinski definition) is 4. The van der Waals surface area contributed by atoms with Crippen LogP contribution in [0.25, 0.3) is 22.4 Å². The van der Waals surface area contributed by atoms with Crippen LogP contribution in [0.15, 0.2) is 41.3 Å². The van der Waals surface area contributed by atoms with E-state index >= 15 is 0 Å². The van der Waals surface area contributed by atoms with Crippen molar-refractivity contribution in [3.8, 4) is 17.1 Å². The fourth-order valence-electron chi connectivity index (χ4n) is 2.28. The number of imidazole rings is 1. The second kappa shape index (κ2) is 5.73. The molecule has 0 spiro atoms. The van der Waals surface area contributed by atoms with E-state index in [-0.39, 0.29) is 0 Å². The second-order valence-electron chi connectivity index (χ2n) is 4.75. The summed E-state index contributed by atoms with van der Waals surface area (Å²) in [5.74, 6) is 0.988. The lowest BCUT2D eigenvalue weighted by Crippen LogP contribution is -2.10. The average Bonchev–Trinajstić information content (AvgIpc) is 2.96. The smallest absolute Gasteiger partial charge is 0.248 e. The third-order valence-electron chi connectivity index (χ3n) is 3.43. The van der Waals surface area contributed by atoms with E-state index in [2.05, 4.69) is 9.97 Å². The molecule has 0 bridgehead atoms. The predicted octanol–water partition coefficient (Wildman–Crippen LogP) is 3.06. The van der Waals surface area contributed by atoms with Crippen LogP contribution in [0.5, 0.6) is 5.75 Å². The number of nitrogens with two attached hydrogens (primary N) is 1. The molecule has 3 N–H and O–H groups in total. The Labute approximate surface area is 131 Å². The topological polar surface area (TPSA) is 81.0 Å². The summed E-state index contributed by atoms with van der Waals surface area (Å²) in [4.78, 5) is 20.1. The lowest BCUT2D eigenvalue weighted by molar-refractivity contribution is 0.100. The molecule has 0 aliphatic carbocycles. The molecule has 0 fully saturated rings. The number of carbonyl (C=O) groups is 1. The van der Waals surface area contributed by atoms with Crippen molar-refractivity contribution in [1.82, 2.24) is 9.97 Å². The van der Waals surface area contributed by atoms with Gasteiger partial charge in [0.25, 0.3) is 0 Å². The highest BCUT2D eigenvalue weighted by molar-refractivity contribution is 7.98. The number of aromatic nitrogens is 2. The Morgan fingerprint density at radius 2 is 2.09 bits per heavy atom. The highest BCUT2D eigenvalue weighted by Gasteiger charge is 2.12. The maximum Gasteiger partial charge on any atom is 0.248 e. The summed E-state index contributed by atoms with van der Waals surface area (Å²) in [5.41, 5.74) is 8.17. The van der Waals surface area contributed by atoms with E-state index < -0.39 is 5.91 Å². The number of ether oxygens (including phenoxy) is 1. The summed E-state index contributed by atoms with van der Waals surface area (Å²) in [6.07, 6.45) is 2.01. The normalized spacial score (nSPS) is 10.8. The van der Waals surface area contributed by atoms with Crippen LogP contribution in [-0.2, 0) is 0 Å². The molecule has 2 aromatic carbocycles. The third-order valence-corrected chi connectivity index (χ3v) is 4.16. The minimum atomic E-state index is -0.458. The van der Waals surface area contributed by atoms with Gasteiger partial charge in [0.2, 0.25) is 5.91 Å². The monoisotopic (exact) mass is 313 g/mol. The SMILES string of the molecule is COc1cc(SC)ccc1-c1nc2ccc(C(N)=O)cc2[nH]1. The second-order valence-corrected chi connectivity index (χ2v) is 5.63. The predicted molar refractivity (Wildman–Crippen MR) is 88.4 cm³/mol. The van der Waals surface area contributed by atoms with E-state index in [4.69, 9.17) is 10.5 Å². The first kappa shape index (κ1) is 14.5. The van der Waals surface area contributed by atoms with E-state index in [9.17, 15) is 4.79 Å². The zero-order chi connectivity index (χ0) is 15.7. The van der Waals surface area contributed by atoms with Crippen LogP contribution >= 0.6 is 11.8 Å². The number of thioether (sulfide) groups is 1. The maximum absolute atomic E-state index is 11.3. The third kappa shape index (κ3) is 2.53. The number of hydrogen-bond donors (Lipinski definition) is 2. The van der Waals surface area contributed by atoms with Crippen LogP contribution in [0.3, 0.4) is 0 Å². The molecule has 1 heterocycles. The minimum Gasteiger partial charge on any atom is -0.496 e. The van der Waals surface area contributed by atoms with Crippen molar-refractivity contribution >= 4 is 28.7 Å². The van der Waals surface area contributed by atoms with Gasteiger partial charge in [-0.3, -0.25) is 4.79 Å². The van der Waals surface area contributed by atoms with Gasteiger partial charge in [0.1, 0.15) is 11.6 Å². The largest absolute Gasteiger partial charge is 0.496 e. The minimum absolute atomic E-state index is 0.451. The Kier molecular flexibility index (Phi) is 3.77. The Morgan fingerprint density at radius 3 is 2.77 bits per heavy atom. The Balaban J connectivity index is 2.12. The molecule has 112 valence electrons. The van der Waals surface area contributed by atoms with Crippen molar-refractivity contribution in [2.24, 2.45) is 5.73 Å². The van der Waals surface area contributed by atoms with Gasteiger partial charge in [-0.25, -0.2) is 4.98 Å². The number of aromatic amines is 1. The summed E-state index contributed by atoms with van der Waals surface area (Å²) >= 11 is 1.65. The van der Waals surface area contributed by atoms with Crippen LogP contribution in [0.2, 0.25) is 0 Å². The summed E-state index contributed by atoms with van der Waals surface area (Å²) in [7, 11) is 1.64. The summed E-state index contributed by atoms with van der Waals surface area (Å²) in [5, 5.41) is 0. The first-order chi connectivity index (χ1) is 10.6. The lowest BCUT2D eigenvalue weighted by Gasteiger charge is -2.07. The number of methoxy groups -OCH3 is 1. The highest BCUT2D eigenvalue weighted by Crippen LogP contribution is 2.32. The number of nitrogens with zero attached hydrogens (tertiary/aromatic N) is 1. The molecule has 3 aromatic rings.